The number of hydrogen-bond donors (Lipinski definition) is 0. The first-order valence-electron chi connectivity index (χ1n) is 6.45. The van der Waals surface area contributed by atoms with Crippen LogP contribution in [0.4, 0.5) is 0 Å². The number of hydrogen-bond acceptors (Lipinski definition) is 4. The molecule has 3 nitrogen and oxygen atoms in total. The van der Waals surface area contributed by atoms with Crippen molar-refractivity contribution in [2.45, 2.75) is 26.2 Å². The lowest BCUT2D eigenvalue weighted by Gasteiger charge is -2.14. The van der Waals surface area contributed by atoms with Gasteiger partial charge in [0.1, 0.15) is 10.2 Å². The Balaban J connectivity index is 2.27. The molecule has 0 radical (unpaired) electrons. The van der Waals surface area contributed by atoms with Gasteiger partial charge in [-0.15, -0.1) is 11.3 Å². The van der Waals surface area contributed by atoms with E-state index in [1.54, 1.807) is 0 Å². The van der Waals surface area contributed by atoms with Gasteiger partial charge in [0.15, 0.2) is 0 Å². The molecule has 2 heterocycles. The summed E-state index contributed by atoms with van der Waals surface area (Å²) in [6.07, 6.45) is 0. The van der Waals surface area contributed by atoms with Crippen LogP contribution >= 0.6 is 11.3 Å². The Labute approximate surface area is 120 Å². The van der Waals surface area contributed by atoms with Crippen molar-refractivity contribution in [1.29, 1.82) is 0 Å². The van der Waals surface area contributed by atoms with Gasteiger partial charge >= 0.3 is 5.63 Å². The molecule has 0 aliphatic heterocycles. The summed E-state index contributed by atoms with van der Waals surface area (Å²) < 4.78 is 5.42. The van der Waals surface area contributed by atoms with Crippen LogP contribution in [0.1, 0.15) is 26.7 Å². The fourth-order valence-electron chi connectivity index (χ4n) is 2.03. The van der Waals surface area contributed by atoms with E-state index < -0.39 is 0 Å². The highest BCUT2D eigenvalue weighted by Gasteiger charge is 2.22. The molecule has 0 amide bonds. The van der Waals surface area contributed by atoms with Gasteiger partial charge in [-0.3, -0.25) is 0 Å². The summed E-state index contributed by atoms with van der Waals surface area (Å²) >= 11 is 1.48. The van der Waals surface area contributed by atoms with E-state index in [4.69, 9.17) is 4.42 Å². The number of benzene rings is 1. The van der Waals surface area contributed by atoms with Gasteiger partial charge in [0.2, 0.25) is 5.89 Å². The Morgan fingerprint density at radius 1 is 1.15 bits per heavy atom. The largest absolute Gasteiger partial charge is 0.407 e. The van der Waals surface area contributed by atoms with E-state index in [9.17, 15) is 4.79 Å². The molecule has 20 heavy (non-hydrogen) atoms. The van der Waals surface area contributed by atoms with Crippen LogP contribution < -0.4 is 5.63 Å². The van der Waals surface area contributed by atoms with Crippen molar-refractivity contribution in [2.75, 3.05) is 0 Å². The molecule has 0 N–H and O–H groups in total. The first-order chi connectivity index (χ1) is 9.47. The minimum Gasteiger partial charge on any atom is -0.407 e. The minimum atomic E-state index is -0.306. The van der Waals surface area contributed by atoms with Crippen LogP contribution in [0.3, 0.4) is 0 Å². The second-order valence-electron chi connectivity index (χ2n) is 5.75. The van der Waals surface area contributed by atoms with Crippen molar-refractivity contribution in [2.24, 2.45) is 0 Å². The molecule has 3 rings (SSSR count). The number of aromatic nitrogens is 1. The number of fused-ring (bicyclic) bond motifs is 1. The van der Waals surface area contributed by atoms with Gasteiger partial charge in [-0.2, -0.15) is 0 Å². The Kier molecular flexibility index (Phi) is 2.98. The maximum atomic E-state index is 12.3. The zero-order valence-electron chi connectivity index (χ0n) is 11.6. The van der Waals surface area contributed by atoms with Crippen molar-refractivity contribution >= 4 is 21.6 Å². The third-order valence-corrected chi connectivity index (χ3v) is 3.97. The third-order valence-electron chi connectivity index (χ3n) is 3.09. The predicted octanol–water partition coefficient (Wildman–Crippen LogP) is 4.21. The molecule has 0 aliphatic carbocycles. The van der Waals surface area contributed by atoms with Crippen molar-refractivity contribution < 1.29 is 4.42 Å². The quantitative estimate of drug-likeness (QED) is 0.672. The summed E-state index contributed by atoms with van der Waals surface area (Å²) in [7, 11) is 0. The van der Waals surface area contributed by atoms with Crippen molar-refractivity contribution in [3.63, 3.8) is 0 Å². The van der Waals surface area contributed by atoms with Crippen molar-refractivity contribution in [3.8, 4) is 11.1 Å². The fourth-order valence-corrected chi connectivity index (χ4v) is 2.96. The van der Waals surface area contributed by atoms with Crippen molar-refractivity contribution in [1.82, 2.24) is 4.98 Å². The lowest BCUT2D eigenvalue weighted by Crippen LogP contribution is -2.17. The molecule has 0 saturated heterocycles. The molecule has 0 atom stereocenters. The highest BCUT2D eigenvalue weighted by atomic mass is 32.1. The molecule has 2 aromatic heterocycles. The molecule has 3 aromatic rings. The molecule has 0 spiro atoms. The minimum absolute atomic E-state index is 0.274. The van der Waals surface area contributed by atoms with Crippen LogP contribution in [0.15, 0.2) is 44.9 Å². The number of nitrogens with zero attached hydrogens (tertiary/aromatic N) is 1. The van der Waals surface area contributed by atoms with Gasteiger partial charge in [0.25, 0.3) is 0 Å². The first kappa shape index (κ1) is 13.1. The molecule has 0 fully saturated rings. The third kappa shape index (κ3) is 2.16. The smallest absolute Gasteiger partial charge is 0.348 e. The summed E-state index contributed by atoms with van der Waals surface area (Å²) in [5.74, 6) is 0.483. The zero-order valence-corrected chi connectivity index (χ0v) is 12.5. The van der Waals surface area contributed by atoms with Crippen LogP contribution in [0.5, 0.6) is 0 Å². The van der Waals surface area contributed by atoms with E-state index in [2.05, 4.69) is 4.98 Å². The van der Waals surface area contributed by atoms with Crippen molar-refractivity contribution in [3.05, 3.63) is 52.0 Å². The second kappa shape index (κ2) is 4.56. The van der Waals surface area contributed by atoms with Crippen LogP contribution in [0.25, 0.3) is 21.3 Å². The molecule has 1 aromatic carbocycles. The van der Waals surface area contributed by atoms with E-state index in [0.717, 1.165) is 16.0 Å². The zero-order chi connectivity index (χ0) is 14.3. The van der Waals surface area contributed by atoms with Crippen LogP contribution in [0.2, 0.25) is 0 Å². The number of thiophene rings is 1. The Bertz CT molecular complexity index is 810. The highest BCUT2D eigenvalue weighted by Crippen LogP contribution is 2.32. The monoisotopic (exact) mass is 285 g/mol. The molecule has 0 aliphatic rings. The molecule has 4 heteroatoms. The Morgan fingerprint density at radius 3 is 2.50 bits per heavy atom. The van der Waals surface area contributed by atoms with Gasteiger partial charge in [0, 0.05) is 16.4 Å². The lowest BCUT2D eigenvalue weighted by molar-refractivity contribution is 0.360. The Hall–Kier alpha value is -1.94. The first-order valence-corrected chi connectivity index (χ1v) is 7.33. The van der Waals surface area contributed by atoms with Gasteiger partial charge in [-0.05, 0) is 5.56 Å². The average Bonchev–Trinajstić information content (AvgIpc) is 2.83. The van der Waals surface area contributed by atoms with E-state index in [-0.39, 0.29) is 11.0 Å². The SMILES string of the molecule is CC(C)(C)c1nc2scc(-c3ccccc3)c2c(=O)o1. The predicted molar refractivity (Wildman–Crippen MR) is 82.3 cm³/mol. The molecular formula is C16H15NO2S. The van der Waals surface area contributed by atoms with Gasteiger partial charge in [-0.25, -0.2) is 9.78 Å². The summed E-state index contributed by atoms with van der Waals surface area (Å²) in [5.41, 5.74) is 1.33. The molecule has 0 unspecified atom stereocenters. The average molecular weight is 285 g/mol. The van der Waals surface area contributed by atoms with E-state index in [1.165, 1.54) is 11.3 Å². The van der Waals surface area contributed by atoms with Gasteiger partial charge in [-0.1, -0.05) is 51.1 Å². The summed E-state index contributed by atoms with van der Waals surface area (Å²) in [6, 6.07) is 9.84. The maximum Gasteiger partial charge on any atom is 0.348 e. The Morgan fingerprint density at radius 2 is 1.85 bits per heavy atom. The second-order valence-corrected chi connectivity index (χ2v) is 6.61. The van der Waals surface area contributed by atoms with Crippen LogP contribution in [0, 0.1) is 0 Å². The normalized spacial score (nSPS) is 11.9. The maximum absolute atomic E-state index is 12.3. The standard InChI is InChI=1S/C16H15NO2S/c1-16(2,3)15-17-13-12(14(18)19-15)11(9-20-13)10-7-5-4-6-8-10/h4-9H,1-3H3. The van der Waals surface area contributed by atoms with E-state index in [1.807, 2.05) is 56.5 Å². The van der Waals surface area contributed by atoms with Crippen LogP contribution in [-0.4, -0.2) is 4.98 Å². The molecule has 0 saturated carbocycles. The lowest BCUT2D eigenvalue weighted by atomic mass is 9.97. The summed E-state index contributed by atoms with van der Waals surface area (Å²) in [6.45, 7) is 5.95. The topological polar surface area (TPSA) is 43.1 Å². The van der Waals surface area contributed by atoms with Crippen LogP contribution in [-0.2, 0) is 5.41 Å². The van der Waals surface area contributed by atoms with E-state index in [0.29, 0.717) is 11.3 Å². The molecular weight excluding hydrogens is 270 g/mol. The fraction of sp³-hybridized carbons (Fsp3) is 0.250. The van der Waals surface area contributed by atoms with E-state index >= 15 is 0 Å². The van der Waals surface area contributed by atoms with Gasteiger partial charge < -0.3 is 4.42 Å². The highest BCUT2D eigenvalue weighted by molar-refractivity contribution is 7.17. The molecule has 0 bridgehead atoms. The summed E-state index contributed by atoms with van der Waals surface area (Å²) in [5, 5.41) is 2.55. The summed E-state index contributed by atoms with van der Waals surface area (Å²) in [4.78, 5) is 17.5. The molecule has 102 valence electrons. The number of rotatable bonds is 1. The van der Waals surface area contributed by atoms with Gasteiger partial charge in [0.05, 0.1) is 0 Å².